The summed E-state index contributed by atoms with van der Waals surface area (Å²) < 4.78 is 21.2. The summed E-state index contributed by atoms with van der Waals surface area (Å²) in [6.45, 7) is 10.4. The van der Waals surface area contributed by atoms with Crippen molar-refractivity contribution in [3.05, 3.63) is 41.3 Å². The van der Waals surface area contributed by atoms with Crippen molar-refractivity contribution in [1.29, 1.82) is 0 Å². The van der Waals surface area contributed by atoms with E-state index in [-0.39, 0.29) is 17.6 Å². The minimum atomic E-state index is -0.287. The number of carbonyl (C=O) groups is 1. The summed E-state index contributed by atoms with van der Waals surface area (Å²) >= 11 is 0. The van der Waals surface area contributed by atoms with Crippen molar-refractivity contribution < 1.29 is 13.9 Å². The first-order valence-electron chi connectivity index (χ1n) is 11.6. The van der Waals surface area contributed by atoms with Crippen LogP contribution in [0.1, 0.15) is 31.0 Å². The van der Waals surface area contributed by atoms with Gasteiger partial charge in [-0.3, -0.25) is 4.79 Å². The lowest BCUT2D eigenvalue weighted by atomic mass is 10.1. The summed E-state index contributed by atoms with van der Waals surface area (Å²) in [6.07, 6.45) is 1.94. The fraction of sp³-hybridized carbons (Fsp3) is 0.583. The van der Waals surface area contributed by atoms with Crippen LogP contribution in [0.4, 0.5) is 10.2 Å². The Morgan fingerprint density at radius 2 is 2.00 bits per heavy atom. The number of aryl methyl sites for hydroxylation is 1. The van der Waals surface area contributed by atoms with Crippen molar-refractivity contribution in [3.63, 3.8) is 0 Å². The number of halogens is 1. The Bertz CT molecular complexity index is 934. The maximum absolute atomic E-state index is 14.1. The highest BCUT2D eigenvalue weighted by Crippen LogP contribution is 2.34. The second-order valence-electron chi connectivity index (χ2n) is 8.73. The molecular weight excluding hydrogens is 409 g/mol. The van der Waals surface area contributed by atoms with Gasteiger partial charge in [0.05, 0.1) is 24.5 Å². The highest BCUT2D eigenvalue weighted by atomic mass is 19.1. The van der Waals surface area contributed by atoms with E-state index < -0.39 is 0 Å². The molecule has 1 aliphatic carbocycles. The molecule has 0 bridgehead atoms. The van der Waals surface area contributed by atoms with Crippen LogP contribution in [0, 0.1) is 18.7 Å². The molecule has 0 spiro atoms. The van der Waals surface area contributed by atoms with Gasteiger partial charge in [-0.15, -0.1) is 0 Å². The van der Waals surface area contributed by atoms with E-state index in [1.807, 2.05) is 22.6 Å². The fourth-order valence-electron chi connectivity index (χ4n) is 4.37. The molecule has 1 aromatic carbocycles. The maximum atomic E-state index is 14.1. The number of nitrogens with zero attached hydrogens (tertiary/aromatic N) is 5. The van der Waals surface area contributed by atoms with Gasteiger partial charge < -0.3 is 19.4 Å². The summed E-state index contributed by atoms with van der Waals surface area (Å²) in [5.41, 5.74) is 2.60. The lowest BCUT2D eigenvalue weighted by molar-refractivity contribution is -0.133. The van der Waals surface area contributed by atoms with Crippen LogP contribution in [0.5, 0.6) is 0 Å². The van der Waals surface area contributed by atoms with Crippen LogP contribution >= 0.6 is 0 Å². The summed E-state index contributed by atoms with van der Waals surface area (Å²) in [5.74, 6) is 1.02. The minimum absolute atomic E-state index is 0.141. The van der Waals surface area contributed by atoms with Crippen molar-refractivity contribution in [2.75, 3.05) is 57.9 Å². The van der Waals surface area contributed by atoms with Crippen molar-refractivity contribution in [2.24, 2.45) is 5.92 Å². The fourth-order valence-corrected chi connectivity index (χ4v) is 4.37. The third-order valence-electron chi connectivity index (χ3n) is 6.48. The molecule has 4 rings (SSSR count). The normalized spacial score (nSPS) is 17.1. The largest absolute Gasteiger partial charge is 0.383 e. The second kappa shape index (κ2) is 10.0. The van der Waals surface area contributed by atoms with Crippen molar-refractivity contribution >= 4 is 11.7 Å². The molecule has 2 heterocycles. The lowest BCUT2D eigenvalue weighted by Gasteiger charge is -2.36. The standard InChI is InChI=1S/C24H34FN5O2/c1-4-27-10-12-28(13-11-27)23-22(17-29(14-15-32-3)24(31)19-8-9-19)18(2)26-30(23)21-7-5-6-20(25)16-21/h5-7,16,19H,4,8-15,17H2,1-3H3. The van der Waals surface area contributed by atoms with E-state index in [4.69, 9.17) is 9.84 Å². The van der Waals surface area contributed by atoms with E-state index in [1.165, 1.54) is 12.1 Å². The number of piperazine rings is 1. The highest BCUT2D eigenvalue weighted by Gasteiger charge is 2.35. The molecule has 1 saturated carbocycles. The number of anilines is 1. The molecule has 1 aromatic heterocycles. The summed E-state index contributed by atoms with van der Waals surface area (Å²) in [5, 5.41) is 4.81. The number of rotatable bonds is 9. The molecule has 2 aromatic rings. The van der Waals surface area contributed by atoms with Crippen LogP contribution in [0.3, 0.4) is 0 Å². The molecule has 1 amide bonds. The van der Waals surface area contributed by atoms with Gasteiger partial charge in [-0.05, 0) is 44.5 Å². The number of carbonyl (C=O) groups excluding carboxylic acids is 1. The quantitative estimate of drug-likeness (QED) is 0.597. The number of likely N-dealkylation sites (N-methyl/N-ethyl adjacent to an activating group) is 1. The molecule has 1 saturated heterocycles. The Morgan fingerprint density at radius 3 is 2.62 bits per heavy atom. The van der Waals surface area contributed by atoms with Crippen LogP contribution in [0.2, 0.25) is 0 Å². The predicted molar refractivity (Wildman–Crippen MR) is 123 cm³/mol. The van der Waals surface area contributed by atoms with E-state index in [9.17, 15) is 9.18 Å². The number of hydrogen-bond donors (Lipinski definition) is 0. The summed E-state index contributed by atoms with van der Waals surface area (Å²) in [4.78, 5) is 19.7. The van der Waals surface area contributed by atoms with Gasteiger partial charge in [-0.1, -0.05) is 13.0 Å². The Labute approximate surface area is 189 Å². The van der Waals surface area contributed by atoms with Crippen LogP contribution in [-0.2, 0) is 16.1 Å². The molecule has 32 heavy (non-hydrogen) atoms. The van der Waals surface area contributed by atoms with Gasteiger partial charge in [-0.2, -0.15) is 5.10 Å². The van der Waals surface area contributed by atoms with Crippen molar-refractivity contribution in [1.82, 2.24) is 19.6 Å². The van der Waals surface area contributed by atoms with Crippen LogP contribution in [0.25, 0.3) is 5.69 Å². The first-order valence-corrected chi connectivity index (χ1v) is 11.6. The van der Waals surface area contributed by atoms with Crippen LogP contribution in [-0.4, -0.2) is 78.5 Å². The first kappa shape index (κ1) is 22.7. The van der Waals surface area contributed by atoms with Gasteiger partial charge in [0, 0.05) is 51.3 Å². The Kier molecular flexibility index (Phi) is 7.10. The van der Waals surface area contributed by atoms with Gasteiger partial charge in [0.1, 0.15) is 11.6 Å². The summed E-state index contributed by atoms with van der Waals surface area (Å²) in [6, 6.07) is 6.55. The van der Waals surface area contributed by atoms with Crippen LogP contribution < -0.4 is 4.90 Å². The van der Waals surface area contributed by atoms with E-state index in [0.717, 1.165) is 62.6 Å². The molecule has 2 aliphatic rings. The molecule has 8 heteroatoms. The third kappa shape index (κ3) is 4.96. The molecule has 174 valence electrons. The number of ether oxygens (including phenoxy) is 1. The molecule has 1 aliphatic heterocycles. The van der Waals surface area contributed by atoms with Gasteiger partial charge in [0.15, 0.2) is 0 Å². The average Bonchev–Trinajstić information content (AvgIpc) is 3.60. The van der Waals surface area contributed by atoms with E-state index >= 15 is 0 Å². The molecule has 2 fully saturated rings. The third-order valence-corrected chi connectivity index (χ3v) is 6.48. The average molecular weight is 444 g/mol. The number of methoxy groups -OCH3 is 1. The van der Waals surface area contributed by atoms with E-state index in [0.29, 0.717) is 25.4 Å². The zero-order valence-corrected chi connectivity index (χ0v) is 19.4. The molecule has 0 radical (unpaired) electrons. The van der Waals surface area contributed by atoms with Gasteiger partial charge >= 0.3 is 0 Å². The molecular formula is C24H34FN5O2. The first-order chi connectivity index (χ1) is 15.5. The van der Waals surface area contributed by atoms with E-state index in [1.54, 1.807) is 13.2 Å². The zero-order chi connectivity index (χ0) is 22.7. The van der Waals surface area contributed by atoms with Crippen LogP contribution in [0.15, 0.2) is 24.3 Å². The SMILES string of the molecule is CCN1CCN(c2c(CN(CCOC)C(=O)C3CC3)c(C)nn2-c2cccc(F)c2)CC1. The summed E-state index contributed by atoms with van der Waals surface area (Å²) in [7, 11) is 1.66. The number of hydrogen-bond acceptors (Lipinski definition) is 5. The van der Waals surface area contributed by atoms with Gasteiger partial charge in [-0.25, -0.2) is 9.07 Å². The highest BCUT2D eigenvalue weighted by molar-refractivity contribution is 5.81. The predicted octanol–water partition coefficient (Wildman–Crippen LogP) is 2.85. The Balaban J connectivity index is 1.71. The number of benzene rings is 1. The molecule has 7 nitrogen and oxygen atoms in total. The molecule has 0 N–H and O–H groups in total. The van der Waals surface area contributed by atoms with Crippen molar-refractivity contribution in [2.45, 2.75) is 33.2 Å². The van der Waals surface area contributed by atoms with Gasteiger partial charge in [0.2, 0.25) is 5.91 Å². The minimum Gasteiger partial charge on any atom is -0.383 e. The Morgan fingerprint density at radius 1 is 1.25 bits per heavy atom. The molecule has 0 atom stereocenters. The monoisotopic (exact) mass is 443 g/mol. The number of amides is 1. The zero-order valence-electron chi connectivity index (χ0n) is 19.4. The Hall–Kier alpha value is -2.45. The topological polar surface area (TPSA) is 53.8 Å². The lowest BCUT2D eigenvalue weighted by Crippen LogP contribution is -2.47. The number of aromatic nitrogens is 2. The van der Waals surface area contributed by atoms with E-state index in [2.05, 4.69) is 16.7 Å². The molecule has 0 unspecified atom stereocenters. The maximum Gasteiger partial charge on any atom is 0.226 e. The second-order valence-corrected chi connectivity index (χ2v) is 8.73. The smallest absolute Gasteiger partial charge is 0.226 e. The van der Waals surface area contributed by atoms with Crippen molar-refractivity contribution in [3.8, 4) is 5.69 Å². The van der Waals surface area contributed by atoms with Gasteiger partial charge in [0.25, 0.3) is 0 Å².